The summed E-state index contributed by atoms with van der Waals surface area (Å²) in [4.78, 5) is 6.03. The van der Waals surface area contributed by atoms with Crippen molar-refractivity contribution < 1.29 is 9.15 Å². The second-order valence-corrected chi connectivity index (χ2v) is 7.92. The molecule has 4 rings (SSSR count). The Bertz CT molecular complexity index is 897. The minimum atomic E-state index is 0. The van der Waals surface area contributed by atoms with Crippen molar-refractivity contribution in [2.75, 3.05) is 13.2 Å². The van der Waals surface area contributed by atoms with Gasteiger partial charge in [0.05, 0.1) is 19.4 Å². The zero-order valence-corrected chi connectivity index (χ0v) is 19.5. The molecule has 0 aliphatic carbocycles. The van der Waals surface area contributed by atoms with E-state index in [1.165, 1.54) is 10.4 Å². The van der Waals surface area contributed by atoms with E-state index in [1.807, 2.05) is 24.3 Å². The number of fused-ring (bicyclic) bond motifs is 1. The van der Waals surface area contributed by atoms with E-state index in [4.69, 9.17) is 14.1 Å². The van der Waals surface area contributed by atoms with Crippen LogP contribution < -0.4 is 15.4 Å². The van der Waals surface area contributed by atoms with Crippen LogP contribution in [-0.2, 0) is 13.0 Å². The number of aliphatic imine (C=N–C) groups is 1. The molecule has 2 unspecified atom stereocenters. The molecule has 0 bridgehead atoms. The number of furan rings is 1. The fourth-order valence-electron chi connectivity index (χ4n) is 3.39. The number of ether oxygens (including phenoxy) is 1. The summed E-state index contributed by atoms with van der Waals surface area (Å²) in [5.74, 6) is 3.08. The smallest absolute Gasteiger partial charge is 0.191 e. The fraction of sp³-hybridized carbons (Fsp3) is 0.318. The third-order valence-corrected chi connectivity index (χ3v) is 5.78. The number of hydrogen-bond donors (Lipinski definition) is 2. The van der Waals surface area contributed by atoms with Gasteiger partial charge < -0.3 is 19.8 Å². The zero-order chi connectivity index (χ0) is 19.2. The molecule has 5 nitrogen and oxygen atoms in total. The first-order valence-electron chi connectivity index (χ1n) is 9.61. The highest BCUT2D eigenvalue weighted by atomic mass is 127. The molecule has 1 aromatic carbocycles. The van der Waals surface area contributed by atoms with Gasteiger partial charge in [-0.15, -0.1) is 35.3 Å². The van der Waals surface area contributed by atoms with Crippen LogP contribution in [0.15, 0.2) is 69.6 Å². The minimum Gasteiger partial charge on any atom is -0.493 e. The second-order valence-electron chi connectivity index (χ2n) is 6.89. The molecule has 2 aromatic heterocycles. The summed E-state index contributed by atoms with van der Waals surface area (Å²) in [5, 5.41) is 9.10. The summed E-state index contributed by atoms with van der Waals surface area (Å²) in [6, 6.07) is 16.5. The highest BCUT2D eigenvalue weighted by Gasteiger charge is 2.29. The molecule has 1 aliphatic rings. The van der Waals surface area contributed by atoms with E-state index in [9.17, 15) is 0 Å². The SMILES string of the molecule is CC(NC(=NCc1cccs1)NCCc1ccco1)C1COc2ccccc21.I. The van der Waals surface area contributed by atoms with E-state index < -0.39 is 0 Å². The average molecular weight is 523 g/mol. The molecule has 2 N–H and O–H groups in total. The summed E-state index contributed by atoms with van der Waals surface area (Å²) in [6.45, 7) is 4.30. The van der Waals surface area contributed by atoms with Gasteiger partial charge in [-0.1, -0.05) is 24.3 Å². The Morgan fingerprint density at radius 3 is 2.90 bits per heavy atom. The molecule has 0 saturated heterocycles. The molecule has 0 fully saturated rings. The average Bonchev–Trinajstić information content (AvgIpc) is 3.47. The van der Waals surface area contributed by atoms with E-state index in [1.54, 1.807) is 17.6 Å². The van der Waals surface area contributed by atoms with Gasteiger partial charge in [-0.3, -0.25) is 0 Å². The number of nitrogens with zero attached hydrogens (tertiary/aromatic N) is 1. The van der Waals surface area contributed by atoms with E-state index in [-0.39, 0.29) is 30.0 Å². The maximum absolute atomic E-state index is 5.85. The molecule has 154 valence electrons. The standard InChI is InChI=1S/C22H25N3O2S.HI/c1-16(20-15-27-21-9-3-2-8-19(20)21)25-22(24-14-18-7-5-13-28-18)23-11-10-17-6-4-12-26-17;/h2-9,12-13,16,20H,10-11,14-15H2,1H3,(H2,23,24,25);1H. The monoisotopic (exact) mass is 523 g/mol. The Kier molecular flexibility index (Phi) is 8.00. The Labute approximate surface area is 192 Å². The van der Waals surface area contributed by atoms with Crippen molar-refractivity contribution in [1.29, 1.82) is 0 Å². The molecule has 7 heteroatoms. The van der Waals surface area contributed by atoms with E-state index >= 15 is 0 Å². The lowest BCUT2D eigenvalue weighted by Gasteiger charge is -2.23. The molecule has 29 heavy (non-hydrogen) atoms. The topological polar surface area (TPSA) is 58.8 Å². The Morgan fingerprint density at radius 2 is 2.10 bits per heavy atom. The lowest BCUT2D eigenvalue weighted by Crippen LogP contribution is -2.45. The summed E-state index contributed by atoms with van der Waals surface area (Å²) < 4.78 is 11.3. The van der Waals surface area contributed by atoms with Crippen LogP contribution in [0, 0.1) is 0 Å². The minimum absolute atomic E-state index is 0. The normalized spacial score (nSPS) is 16.4. The van der Waals surface area contributed by atoms with Crippen LogP contribution in [-0.4, -0.2) is 25.2 Å². The lowest BCUT2D eigenvalue weighted by molar-refractivity contribution is 0.312. The Balaban J connectivity index is 0.00000240. The summed E-state index contributed by atoms with van der Waals surface area (Å²) in [5.41, 5.74) is 1.26. The quantitative estimate of drug-likeness (QED) is 0.266. The molecule has 0 amide bonds. The number of hydrogen-bond acceptors (Lipinski definition) is 4. The molecule has 3 heterocycles. The van der Waals surface area contributed by atoms with Crippen LogP contribution in [0.3, 0.4) is 0 Å². The maximum Gasteiger partial charge on any atom is 0.191 e. The molecule has 3 aromatic rings. The van der Waals surface area contributed by atoms with Gasteiger partial charge in [0.15, 0.2) is 5.96 Å². The molecular weight excluding hydrogens is 497 g/mol. The zero-order valence-electron chi connectivity index (χ0n) is 16.3. The van der Waals surface area contributed by atoms with Crippen LogP contribution in [0.25, 0.3) is 0 Å². The van der Waals surface area contributed by atoms with Gasteiger partial charge in [0.2, 0.25) is 0 Å². The maximum atomic E-state index is 5.85. The number of thiophene rings is 1. The predicted octanol–water partition coefficient (Wildman–Crippen LogP) is 4.80. The summed E-state index contributed by atoms with van der Waals surface area (Å²) in [7, 11) is 0. The Morgan fingerprint density at radius 1 is 1.21 bits per heavy atom. The van der Waals surface area contributed by atoms with Crippen LogP contribution in [0.5, 0.6) is 5.75 Å². The van der Waals surface area contributed by atoms with Gasteiger partial charge in [-0.05, 0) is 36.6 Å². The number of benzene rings is 1. The third kappa shape index (κ3) is 5.76. The number of guanidine groups is 1. The molecule has 2 atom stereocenters. The first-order chi connectivity index (χ1) is 13.8. The van der Waals surface area contributed by atoms with Gasteiger partial charge in [0.1, 0.15) is 11.5 Å². The summed E-state index contributed by atoms with van der Waals surface area (Å²) in [6.07, 6.45) is 2.52. The lowest BCUT2D eigenvalue weighted by atomic mass is 9.94. The van der Waals surface area contributed by atoms with E-state index in [2.05, 4.69) is 47.2 Å². The van der Waals surface area contributed by atoms with Crippen LogP contribution >= 0.6 is 35.3 Å². The summed E-state index contributed by atoms with van der Waals surface area (Å²) >= 11 is 1.72. The third-order valence-electron chi connectivity index (χ3n) is 4.92. The van der Waals surface area contributed by atoms with Crippen LogP contribution in [0.4, 0.5) is 0 Å². The van der Waals surface area contributed by atoms with Crippen molar-refractivity contribution in [3.05, 3.63) is 76.4 Å². The second kappa shape index (κ2) is 10.7. The highest BCUT2D eigenvalue weighted by molar-refractivity contribution is 14.0. The number of nitrogens with one attached hydrogen (secondary N) is 2. The van der Waals surface area contributed by atoms with Crippen LogP contribution in [0.1, 0.15) is 29.0 Å². The van der Waals surface area contributed by atoms with Crippen molar-refractivity contribution in [2.24, 2.45) is 4.99 Å². The van der Waals surface area contributed by atoms with E-state index in [0.717, 1.165) is 30.4 Å². The number of halogens is 1. The Hall–Kier alpha value is -2.00. The van der Waals surface area contributed by atoms with Gasteiger partial charge in [-0.2, -0.15) is 0 Å². The highest BCUT2D eigenvalue weighted by Crippen LogP contribution is 2.35. The van der Waals surface area contributed by atoms with Crippen molar-refractivity contribution in [1.82, 2.24) is 10.6 Å². The van der Waals surface area contributed by atoms with Gasteiger partial charge in [-0.25, -0.2) is 4.99 Å². The number of rotatable bonds is 7. The molecule has 0 spiro atoms. The number of para-hydroxylation sites is 1. The predicted molar refractivity (Wildman–Crippen MR) is 129 cm³/mol. The van der Waals surface area contributed by atoms with Crippen LogP contribution in [0.2, 0.25) is 0 Å². The van der Waals surface area contributed by atoms with Crippen molar-refractivity contribution in [3.8, 4) is 5.75 Å². The fourth-order valence-corrected chi connectivity index (χ4v) is 4.02. The van der Waals surface area contributed by atoms with Gasteiger partial charge in [0, 0.05) is 35.4 Å². The molecular formula is C22H26IN3O2S. The first kappa shape index (κ1) is 21.7. The molecule has 0 saturated carbocycles. The first-order valence-corrected chi connectivity index (χ1v) is 10.5. The van der Waals surface area contributed by atoms with Crippen molar-refractivity contribution in [2.45, 2.75) is 31.8 Å². The van der Waals surface area contributed by atoms with E-state index in [0.29, 0.717) is 19.1 Å². The van der Waals surface area contributed by atoms with Crippen molar-refractivity contribution in [3.63, 3.8) is 0 Å². The van der Waals surface area contributed by atoms with Gasteiger partial charge >= 0.3 is 0 Å². The van der Waals surface area contributed by atoms with Gasteiger partial charge in [0.25, 0.3) is 0 Å². The largest absolute Gasteiger partial charge is 0.493 e. The van der Waals surface area contributed by atoms with Crippen molar-refractivity contribution >= 4 is 41.3 Å². The molecule has 1 aliphatic heterocycles. The molecule has 0 radical (unpaired) electrons.